The number of para-hydroxylation sites is 1. The third kappa shape index (κ3) is 2.52. The third-order valence-corrected chi connectivity index (χ3v) is 4.92. The normalized spacial score (nSPS) is 16.0. The molecule has 0 unspecified atom stereocenters. The Hall–Kier alpha value is -3.41. The van der Waals surface area contributed by atoms with Crippen molar-refractivity contribution < 1.29 is 4.39 Å². The molecule has 0 aliphatic carbocycles. The molecule has 4 aromatic rings. The van der Waals surface area contributed by atoms with Gasteiger partial charge in [0.1, 0.15) is 11.0 Å². The Labute approximate surface area is 154 Å². The molecule has 0 saturated carbocycles. The number of nitrogens with zero attached hydrogens (tertiary/aromatic N) is 3. The fraction of sp³-hybridized carbons (Fsp3) is 0.143. The molecule has 6 heteroatoms. The average molecular weight is 360 g/mol. The maximum Gasteiger partial charge on any atom is 0.283 e. The summed E-state index contributed by atoms with van der Waals surface area (Å²) >= 11 is 0. The summed E-state index contributed by atoms with van der Waals surface area (Å²) in [7, 11) is 0. The number of hydrogen-bond acceptors (Lipinski definition) is 3. The number of imidazole rings is 1. The van der Waals surface area contributed by atoms with Gasteiger partial charge in [-0.3, -0.25) is 4.79 Å². The van der Waals surface area contributed by atoms with Crippen LogP contribution in [-0.4, -0.2) is 20.7 Å². The van der Waals surface area contributed by atoms with Gasteiger partial charge in [0.25, 0.3) is 5.56 Å². The highest BCUT2D eigenvalue weighted by Gasteiger charge is 2.20. The van der Waals surface area contributed by atoms with Crippen LogP contribution in [0.5, 0.6) is 0 Å². The lowest BCUT2D eigenvalue weighted by Crippen LogP contribution is -2.32. The van der Waals surface area contributed by atoms with Gasteiger partial charge in [-0.25, -0.2) is 18.6 Å². The molecule has 5 nitrogen and oxygen atoms in total. The minimum Gasteiger partial charge on any atom is -0.388 e. The lowest BCUT2D eigenvalue weighted by atomic mass is 10.2. The van der Waals surface area contributed by atoms with Gasteiger partial charge < -0.3 is 5.32 Å². The predicted molar refractivity (Wildman–Crippen MR) is 102 cm³/mol. The van der Waals surface area contributed by atoms with Crippen LogP contribution in [0.2, 0.25) is 0 Å². The molecule has 1 aliphatic heterocycles. The van der Waals surface area contributed by atoms with Crippen LogP contribution in [0.15, 0.2) is 65.6 Å². The monoisotopic (exact) mass is 360 g/mol. The first-order valence-corrected chi connectivity index (χ1v) is 8.95. The summed E-state index contributed by atoms with van der Waals surface area (Å²) in [6.45, 7) is 0.864. The van der Waals surface area contributed by atoms with Crippen molar-refractivity contribution in [1.82, 2.24) is 19.5 Å². The van der Waals surface area contributed by atoms with Gasteiger partial charge >= 0.3 is 0 Å². The smallest absolute Gasteiger partial charge is 0.283 e. The molecule has 0 bridgehead atoms. The highest BCUT2D eigenvalue weighted by Crippen LogP contribution is 2.20. The van der Waals surface area contributed by atoms with Gasteiger partial charge in [0.2, 0.25) is 0 Å². The van der Waals surface area contributed by atoms with E-state index in [9.17, 15) is 9.18 Å². The van der Waals surface area contributed by atoms with Gasteiger partial charge in [0, 0.05) is 17.8 Å². The maximum absolute atomic E-state index is 13.3. The Bertz CT molecular complexity index is 1230. The Balaban J connectivity index is 1.84. The van der Waals surface area contributed by atoms with Gasteiger partial charge in [-0.05, 0) is 49.2 Å². The molecule has 0 atom stereocenters. The number of nitrogens with one attached hydrogen (secondary N) is 1. The molecular weight excluding hydrogens is 343 g/mol. The largest absolute Gasteiger partial charge is 0.388 e. The van der Waals surface area contributed by atoms with Gasteiger partial charge in [-0.15, -0.1) is 0 Å². The molecule has 134 valence electrons. The lowest BCUT2D eigenvalue weighted by molar-refractivity contribution is 0.628. The molecule has 0 radical (unpaired) electrons. The molecule has 3 heterocycles. The number of halogens is 1. The highest BCUT2D eigenvalue weighted by atomic mass is 19.1. The number of hydrogen-bond donors (Lipinski definition) is 1. The molecule has 1 saturated heterocycles. The second kappa shape index (κ2) is 6.09. The first-order chi connectivity index (χ1) is 13.2. The van der Waals surface area contributed by atoms with E-state index in [1.807, 2.05) is 36.5 Å². The van der Waals surface area contributed by atoms with Crippen molar-refractivity contribution in [1.29, 1.82) is 0 Å². The van der Waals surface area contributed by atoms with Crippen LogP contribution >= 0.6 is 0 Å². The van der Waals surface area contributed by atoms with Crippen LogP contribution in [0.3, 0.4) is 0 Å². The molecule has 1 aliphatic rings. The van der Waals surface area contributed by atoms with Crippen LogP contribution in [0, 0.1) is 5.82 Å². The highest BCUT2D eigenvalue weighted by molar-refractivity contribution is 5.65. The summed E-state index contributed by atoms with van der Waals surface area (Å²) in [5.74, 6) is -0.287. The topological polar surface area (TPSA) is 51.3 Å². The number of aromatic nitrogens is 3. The zero-order chi connectivity index (χ0) is 18.4. The van der Waals surface area contributed by atoms with Crippen molar-refractivity contribution in [3.63, 3.8) is 0 Å². The summed E-state index contributed by atoms with van der Waals surface area (Å²) < 4.78 is 16.7. The van der Waals surface area contributed by atoms with E-state index in [0.717, 1.165) is 36.3 Å². The van der Waals surface area contributed by atoms with Gasteiger partial charge in [0.15, 0.2) is 5.65 Å². The minimum atomic E-state index is -0.287. The summed E-state index contributed by atoms with van der Waals surface area (Å²) in [4.78, 5) is 17.9. The minimum absolute atomic E-state index is 0.0845. The molecular formula is C21H17FN4O. The standard InChI is InChI=1S/C21H17FN4O/c22-15-10-8-14(9-11-15)18-13-25-20(24-18)19(17-7-4-12-23-17)21(27)26(25)16-5-2-1-3-6-16/h1-3,5-6,8-11,13,23H,4,7,12H2/b19-17-. The predicted octanol–water partition coefficient (Wildman–Crippen LogP) is 2.50. The van der Waals surface area contributed by atoms with E-state index in [0.29, 0.717) is 16.6 Å². The summed E-state index contributed by atoms with van der Waals surface area (Å²) in [6, 6.07) is 15.7. The second-order valence-corrected chi connectivity index (χ2v) is 6.64. The number of benzene rings is 2. The summed E-state index contributed by atoms with van der Waals surface area (Å²) in [5.41, 5.74) is 3.76. The van der Waals surface area contributed by atoms with E-state index >= 15 is 0 Å². The van der Waals surface area contributed by atoms with E-state index in [1.54, 1.807) is 21.3 Å². The van der Waals surface area contributed by atoms with E-state index in [1.165, 1.54) is 12.1 Å². The average Bonchev–Trinajstić information content (AvgIpc) is 3.39. The first-order valence-electron chi connectivity index (χ1n) is 8.95. The fourth-order valence-electron chi connectivity index (χ4n) is 3.63. The third-order valence-electron chi connectivity index (χ3n) is 4.92. The Morgan fingerprint density at radius 1 is 1.04 bits per heavy atom. The molecule has 2 aromatic carbocycles. The zero-order valence-corrected chi connectivity index (χ0v) is 14.5. The van der Waals surface area contributed by atoms with E-state index in [-0.39, 0.29) is 11.4 Å². The van der Waals surface area contributed by atoms with Crippen LogP contribution in [0.4, 0.5) is 4.39 Å². The summed E-state index contributed by atoms with van der Waals surface area (Å²) in [6.07, 6.45) is 3.67. The fourth-order valence-corrected chi connectivity index (χ4v) is 3.63. The van der Waals surface area contributed by atoms with Gasteiger partial charge in [-0.1, -0.05) is 18.2 Å². The van der Waals surface area contributed by atoms with Crippen molar-refractivity contribution in [3.8, 4) is 16.9 Å². The number of fused-ring (bicyclic) bond motifs is 1. The van der Waals surface area contributed by atoms with Crippen molar-refractivity contribution >= 4 is 11.3 Å². The zero-order valence-electron chi connectivity index (χ0n) is 14.5. The van der Waals surface area contributed by atoms with Crippen molar-refractivity contribution in [2.75, 3.05) is 6.54 Å². The van der Waals surface area contributed by atoms with E-state index in [2.05, 4.69) is 5.32 Å². The molecule has 1 fully saturated rings. The second-order valence-electron chi connectivity index (χ2n) is 6.64. The van der Waals surface area contributed by atoms with Crippen LogP contribution in [0.1, 0.15) is 12.8 Å². The quantitative estimate of drug-likeness (QED) is 0.598. The van der Waals surface area contributed by atoms with E-state index in [4.69, 9.17) is 4.98 Å². The van der Waals surface area contributed by atoms with Crippen molar-refractivity contribution in [3.05, 3.63) is 82.2 Å². The number of rotatable bonds is 2. The van der Waals surface area contributed by atoms with Gasteiger partial charge in [-0.2, -0.15) is 0 Å². The molecule has 27 heavy (non-hydrogen) atoms. The SMILES string of the molecule is O=c1/c(=C2/CCCN2)c2nc(-c3ccc(F)cc3)cn2n1-c1ccccc1. The molecule has 2 aromatic heterocycles. The van der Waals surface area contributed by atoms with Crippen molar-refractivity contribution in [2.24, 2.45) is 0 Å². The van der Waals surface area contributed by atoms with Crippen LogP contribution in [-0.2, 0) is 0 Å². The molecule has 1 N–H and O–H groups in total. The summed E-state index contributed by atoms with van der Waals surface area (Å²) in [5, 5.41) is 3.94. The molecule has 5 rings (SSSR count). The van der Waals surface area contributed by atoms with E-state index < -0.39 is 0 Å². The Kier molecular flexibility index (Phi) is 3.57. The lowest BCUT2D eigenvalue weighted by Gasteiger charge is -2.03. The molecule has 0 amide bonds. The van der Waals surface area contributed by atoms with Crippen LogP contribution in [0.25, 0.3) is 28.3 Å². The Morgan fingerprint density at radius 3 is 2.52 bits per heavy atom. The maximum atomic E-state index is 13.3. The van der Waals surface area contributed by atoms with Crippen LogP contribution < -0.4 is 16.1 Å². The Morgan fingerprint density at radius 2 is 1.81 bits per heavy atom. The van der Waals surface area contributed by atoms with Gasteiger partial charge in [0.05, 0.1) is 17.6 Å². The first kappa shape index (κ1) is 15.8. The van der Waals surface area contributed by atoms with Crippen molar-refractivity contribution in [2.45, 2.75) is 12.8 Å². The molecule has 0 spiro atoms.